The molecule has 4 N–H and O–H groups in total. The molecule has 3 rings (SSSR count). The second-order valence-electron chi connectivity index (χ2n) is 11.1. The fraction of sp³-hybridized carbons (Fsp3) is 0.560. The van der Waals surface area contributed by atoms with Crippen molar-refractivity contribution in [3.8, 4) is 5.75 Å². The average molecular weight is 572 g/mol. The third kappa shape index (κ3) is 7.43. The molecule has 0 saturated heterocycles. The van der Waals surface area contributed by atoms with Crippen LogP contribution in [-0.4, -0.2) is 62.4 Å². The Morgan fingerprint density at radius 1 is 1.28 bits per heavy atom. The minimum atomic E-state index is -4.49. The van der Waals surface area contributed by atoms with Gasteiger partial charge in [0.25, 0.3) is 5.56 Å². The number of carbonyl (C=O) groups excluding carboxylic acids is 1. The van der Waals surface area contributed by atoms with E-state index in [9.17, 15) is 29.2 Å². The van der Waals surface area contributed by atoms with Crippen molar-refractivity contribution in [2.24, 2.45) is 5.41 Å². The number of esters is 1. The molecule has 6 atom stereocenters. The number of hydrogen-bond acceptors (Lipinski definition) is 9. The SMILES string of the molecule is C[C@H](NP(=O)(OC[C@@]1(F)C[C@@H](n2ccc(=O)[nH]c2=O)[C@](C)(O)C1O)Oc1ccccc1)C(=O)OCC(C)(C)C. The number of rotatable bonds is 10. The van der Waals surface area contributed by atoms with Gasteiger partial charge in [-0.1, -0.05) is 39.0 Å². The van der Waals surface area contributed by atoms with Gasteiger partial charge in [0.2, 0.25) is 0 Å². The van der Waals surface area contributed by atoms with Gasteiger partial charge in [0.05, 0.1) is 19.3 Å². The van der Waals surface area contributed by atoms with E-state index < -0.39 is 67.4 Å². The molecule has 1 aliphatic carbocycles. The summed E-state index contributed by atoms with van der Waals surface area (Å²) in [4.78, 5) is 38.3. The number of nitrogens with one attached hydrogen (secondary N) is 2. The van der Waals surface area contributed by atoms with E-state index in [1.165, 1.54) is 19.1 Å². The summed E-state index contributed by atoms with van der Waals surface area (Å²) >= 11 is 0. The maximum Gasteiger partial charge on any atom is 0.459 e. The zero-order valence-electron chi connectivity index (χ0n) is 22.4. The number of H-pyrrole nitrogens is 1. The largest absolute Gasteiger partial charge is 0.464 e. The maximum atomic E-state index is 16.1. The Morgan fingerprint density at radius 3 is 2.51 bits per heavy atom. The lowest BCUT2D eigenvalue weighted by Crippen LogP contribution is -2.50. The molecule has 0 aliphatic heterocycles. The lowest BCUT2D eigenvalue weighted by atomic mass is 9.95. The minimum Gasteiger partial charge on any atom is -0.464 e. The van der Waals surface area contributed by atoms with E-state index in [1.54, 1.807) is 18.2 Å². The molecule has 0 spiro atoms. The van der Waals surface area contributed by atoms with Crippen LogP contribution in [-0.2, 0) is 18.6 Å². The number of carbonyl (C=O) groups is 1. The number of para-hydroxylation sites is 1. The highest BCUT2D eigenvalue weighted by atomic mass is 31.2. The number of aromatic amines is 1. The van der Waals surface area contributed by atoms with Gasteiger partial charge < -0.3 is 19.5 Å². The fourth-order valence-electron chi connectivity index (χ4n) is 4.14. The summed E-state index contributed by atoms with van der Waals surface area (Å²) < 4.78 is 47.0. The average Bonchev–Trinajstić information content (AvgIpc) is 3.02. The first-order chi connectivity index (χ1) is 18.0. The Bertz CT molecular complexity index is 1320. The molecule has 1 aromatic heterocycles. The van der Waals surface area contributed by atoms with Crippen molar-refractivity contribution in [2.45, 2.75) is 70.5 Å². The first kappa shape index (κ1) is 30.7. The molecule has 216 valence electrons. The molecule has 0 radical (unpaired) electrons. The van der Waals surface area contributed by atoms with Gasteiger partial charge in [0, 0.05) is 18.7 Å². The predicted octanol–water partition coefficient (Wildman–Crippen LogP) is 2.07. The van der Waals surface area contributed by atoms with E-state index in [2.05, 4.69) is 5.09 Å². The molecule has 1 fully saturated rings. The lowest BCUT2D eigenvalue weighted by Gasteiger charge is -2.31. The van der Waals surface area contributed by atoms with Gasteiger partial charge in [-0.15, -0.1) is 0 Å². The van der Waals surface area contributed by atoms with E-state index in [1.807, 2.05) is 25.8 Å². The number of hydrogen-bond donors (Lipinski definition) is 4. The van der Waals surface area contributed by atoms with Crippen LogP contribution in [0.25, 0.3) is 0 Å². The van der Waals surface area contributed by atoms with E-state index in [0.717, 1.165) is 23.8 Å². The zero-order chi connectivity index (χ0) is 29.2. The first-order valence-electron chi connectivity index (χ1n) is 12.3. The lowest BCUT2D eigenvalue weighted by molar-refractivity contribution is -0.148. The van der Waals surface area contributed by atoms with Crippen LogP contribution in [0.4, 0.5) is 4.39 Å². The Labute approximate surface area is 224 Å². The fourth-order valence-corrected chi connectivity index (χ4v) is 5.68. The summed E-state index contributed by atoms with van der Waals surface area (Å²) in [5.74, 6) is -0.658. The van der Waals surface area contributed by atoms with Crippen LogP contribution in [0.5, 0.6) is 5.75 Å². The van der Waals surface area contributed by atoms with Gasteiger partial charge in [-0.3, -0.25) is 23.7 Å². The van der Waals surface area contributed by atoms with Crippen LogP contribution in [0.1, 0.15) is 47.1 Å². The van der Waals surface area contributed by atoms with Gasteiger partial charge in [-0.25, -0.2) is 13.8 Å². The Kier molecular flexibility index (Phi) is 8.93. The van der Waals surface area contributed by atoms with Crippen LogP contribution in [0.2, 0.25) is 0 Å². The van der Waals surface area contributed by atoms with Gasteiger partial charge >= 0.3 is 19.4 Å². The van der Waals surface area contributed by atoms with Gasteiger partial charge in [0.15, 0.2) is 5.67 Å². The Hall–Kier alpha value is -2.83. The molecule has 2 aromatic rings. The monoisotopic (exact) mass is 571 g/mol. The zero-order valence-corrected chi connectivity index (χ0v) is 23.3. The Balaban J connectivity index is 1.83. The van der Waals surface area contributed by atoms with Gasteiger partial charge in [-0.2, -0.15) is 5.09 Å². The molecular formula is C25H35FN3O9P. The molecule has 12 nitrogen and oxygen atoms in total. The molecule has 2 unspecified atom stereocenters. The Morgan fingerprint density at radius 2 is 1.92 bits per heavy atom. The molecular weight excluding hydrogens is 536 g/mol. The number of aromatic nitrogens is 2. The van der Waals surface area contributed by atoms with E-state index in [4.69, 9.17) is 13.8 Å². The van der Waals surface area contributed by atoms with Gasteiger partial charge in [0.1, 0.15) is 23.5 Å². The molecule has 14 heteroatoms. The molecule has 0 bridgehead atoms. The van der Waals surface area contributed by atoms with E-state index in [0.29, 0.717) is 0 Å². The van der Waals surface area contributed by atoms with Gasteiger partial charge in [-0.05, 0) is 31.4 Å². The molecule has 1 heterocycles. The van der Waals surface area contributed by atoms with Crippen molar-refractivity contribution in [1.29, 1.82) is 0 Å². The van der Waals surface area contributed by atoms with Crippen molar-refractivity contribution < 1.29 is 37.7 Å². The number of nitrogens with zero attached hydrogens (tertiary/aromatic N) is 1. The van der Waals surface area contributed by atoms with E-state index in [-0.39, 0.29) is 17.8 Å². The minimum absolute atomic E-state index is 0.0862. The first-order valence-corrected chi connectivity index (χ1v) is 13.8. The molecule has 39 heavy (non-hydrogen) atoms. The molecule has 1 aliphatic rings. The summed E-state index contributed by atoms with van der Waals surface area (Å²) in [7, 11) is -4.49. The molecule has 0 amide bonds. The maximum absolute atomic E-state index is 16.1. The third-order valence-electron chi connectivity index (χ3n) is 6.23. The number of aliphatic hydroxyl groups excluding tert-OH is 1. The number of halogens is 1. The van der Waals surface area contributed by atoms with Crippen molar-refractivity contribution in [3.05, 3.63) is 63.4 Å². The number of aliphatic hydroxyl groups is 2. The molecule has 1 saturated carbocycles. The van der Waals surface area contributed by atoms with Crippen molar-refractivity contribution in [2.75, 3.05) is 13.2 Å². The van der Waals surface area contributed by atoms with Crippen LogP contribution in [0.3, 0.4) is 0 Å². The number of benzene rings is 1. The highest BCUT2D eigenvalue weighted by Gasteiger charge is 2.62. The predicted molar refractivity (Wildman–Crippen MR) is 139 cm³/mol. The highest BCUT2D eigenvalue weighted by Crippen LogP contribution is 2.51. The second-order valence-corrected chi connectivity index (χ2v) is 12.8. The van der Waals surface area contributed by atoms with Crippen molar-refractivity contribution in [1.82, 2.24) is 14.6 Å². The highest BCUT2D eigenvalue weighted by molar-refractivity contribution is 7.52. The number of alkyl halides is 1. The summed E-state index contributed by atoms with van der Waals surface area (Å²) in [5.41, 5.74) is -6.81. The quantitative estimate of drug-likeness (QED) is 0.245. The van der Waals surface area contributed by atoms with Crippen LogP contribution >= 0.6 is 7.75 Å². The second kappa shape index (κ2) is 11.3. The summed E-state index contributed by atoms with van der Waals surface area (Å²) in [6, 6.07) is 6.35. The number of ether oxygens (including phenoxy) is 1. The third-order valence-corrected chi connectivity index (χ3v) is 7.86. The summed E-state index contributed by atoms with van der Waals surface area (Å²) in [6.07, 6.45) is -1.65. The normalized spacial score (nSPS) is 27.5. The summed E-state index contributed by atoms with van der Waals surface area (Å²) in [6.45, 7) is 7.13. The molecule has 1 aromatic carbocycles. The smallest absolute Gasteiger partial charge is 0.459 e. The van der Waals surface area contributed by atoms with E-state index >= 15 is 4.39 Å². The summed E-state index contributed by atoms with van der Waals surface area (Å²) in [5, 5.41) is 24.1. The van der Waals surface area contributed by atoms with Crippen molar-refractivity contribution >= 4 is 13.7 Å². The topological polar surface area (TPSA) is 169 Å². The van der Waals surface area contributed by atoms with Crippen LogP contribution < -0.4 is 20.9 Å². The standard InChI is InChI=1S/C25H35FN3O9P/c1-16(20(31)36-14-23(2,3)4)28-39(35,38-17-9-7-6-8-10-17)37-15-25(26)13-18(24(5,34)21(25)32)29-12-11-19(30)27-22(29)33/h6-12,16,18,21,32,34H,13-15H2,1-5H3,(H,28,35)(H,27,30,33)/t16-,18+,21?,24-,25-,39?/m0/s1. The van der Waals surface area contributed by atoms with Crippen LogP contribution in [0, 0.1) is 5.41 Å². The van der Waals surface area contributed by atoms with Crippen molar-refractivity contribution in [3.63, 3.8) is 0 Å². The van der Waals surface area contributed by atoms with Crippen LogP contribution in [0.15, 0.2) is 52.2 Å².